The van der Waals surface area contributed by atoms with Crippen LogP contribution in [0.4, 0.5) is 5.69 Å². The van der Waals surface area contributed by atoms with Crippen molar-refractivity contribution in [1.29, 1.82) is 0 Å². The smallest absolute Gasteiger partial charge is 0.335 e. The van der Waals surface area contributed by atoms with Crippen molar-refractivity contribution in [3.63, 3.8) is 0 Å². The molecule has 5 aromatic carbocycles. The number of piperidine rings is 1. The number of carbonyl (C=O) groups is 4. The summed E-state index contributed by atoms with van der Waals surface area (Å²) in [5.41, 5.74) is 13.8. The Kier molecular flexibility index (Phi) is 15.1. The SMILES string of the molecule is O=C(O)c1ccc2c(C3CCCCC3)c3n(c2c1)CC(C(=O)N1CCC(N2CCCC2)CC1)Cc1ccccc1-3.O=C(O)c1ccc2c(C3CCCCC3)c3n(c2c1)CC(C(=O)N1CCN(c2ccccc2)CC1)Cc1ccccc1-3. The number of benzene rings is 5. The number of piperazine rings is 1. The number of aromatic nitrogens is 2. The minimum atomic E-state index is -0.917. The number of carboxylic acid groups (broad SMARTS) is 2. The molecular weight excluding hydrogens is 1010 g/mol. The molecule has 0 bridgehead atoms. The summed E-state index contributed by atoms with van der Waals surface area (Å²) in [6, 6.07) is 39.5. The van der Waals surface area contributed by atoms with Gasteiger partial charge in [-0.25, -0.2) is 9.59 Å². The van der Waals surface area contributed by atoms with E-state index in [4.69, 9.17) is 0 Å². The van der Waals surface area contributed by atoms with Gasteiger partial charge in [0.25, 0.3) is 0 Å². The summed E-state index contributed by atoms with van der Waals surface area (Å²) in [5.74, 6) is -0.803. The van der Waals surface area contributed by atoms with Crippen molar-refractivity contribution in [3.8, 4) is 22.5 Å². The van der Waals surface area contributed by atoms with Gasteiger partial charge in [0, 0.05) is 97.0 Å². The third kappa shape index (κ3) is 10.4. The summed E-state index contributed by atoms with van der Waals surface area (Å²) in [6.45, 7) is 8.34. The lowest BCUT2D eigenvalue weighted by molar-refractivity contribution is -0.137. The molecule has 7 heterocycles. The first-order valence-corrected chi connectivity index (χ1v) is 30.7. The van der Waals surface area contributed by atoms with Crippen LogP contribution in [0, 0.1) is 11.8 Å². The number of likely N-dealkylation sites (tertiary alicyclic amines) is 2. The maximum absolute atomic E-state index is 14.2. The number of anilines is 1. The molecule has 14 rings (SSSR count). The third-order valence-corrected chi connectivity index (χ3v) is 19.9. The molecule has 12 heteroatoms. The van der Waals surface area contributed by atoms with Gasteiger partial charge in [-0.1, -0.05) is 117 Å². The molecule has 0 radical (unpaired) electrons. The molecular formula is C69H78N6O6. The number of aromatic carboxylic acids is 2. The number of fused-ring (bicyclic) bond motifs is 10. The molecule has 5 aliphatic heterocycles. The molecule has 12 nitrogen and oxygen atoms in total. The summed E-state index contributed by atoms with van der Waals surface area (Å²) in [4.78, 5) is 61.6. The molecule has 2 N–H and O–H groups in total. The predicted molar refractivity (Wildman–Crippen MR) is 320 cm³/mol. The maximum Gasteiger partial charge on any atom is 0.335 e. The third-order valence-electron chi connectivity index (χ3n) is 19.9. The fourth-order valence-corrected chi connectivity index (χ4v) is 15.8. The largest absolute Gasteiger partial charge is 0.478 e. The van der Waals surface area contributed by atoms with Crippen molar-refractivity contribution in [1.82, 2.24) is 23.8 Å². The molecule has 3 saturated heterocycles. The first-order chi connectivity index (χ1) is 39.7. The van der Waals surface area contributed by atoms with Crippen LogP contribution < -0.4 is 4.90 Å². The van der Waals surface area contributed by atoms with Crippen LogP contribution in [-0.2, 0) is 35.5 Å². The molecule has 0 spiro atoms. The van der Waals surface area contributed by atoms with Crippen LogP contribution in [-0.4, -0.2) is 116 Å². The average Bonchev–Trinajstić information content (AvgIpc) is 4.24. The summed E-state index contributed by atoms with van der Waals surface area (Å²) in [7, 11) is 0. The molecule has 420 valence electrons. The van der Waals surface area contributed by atoms with Crippen LogP contribution in [0.3, 0.4) is 0 Å². The first kappa shape index (κ1) is 53.1. The van der Waals surface area contributed by atoms with Crippen LogP contribution in [0.1, 0.15) is 145 Å². The van der Waals surface area contributed by atoms with E-state index < -0.39 is 11.9 Å². The van der Waals surface area contributed by atoms with E-state index in [2.05, 4.69) is 96.6 Å². The van der Waals surface area contributed by atoms with Crippen molar-refractivity contribution in [2.75, 3.05) is 57.3 Å². The van der Waals surface area contributed by atoms with Gasteiger partial charge in [-0.15, -0.1) is 0 Å². The molecule has 5 fully saturated rings. The van der Waals surface area contributed by atoms with E-state index in [0.717, 1.165) is 74.7 Å². The quantitative estimate of drug-likeness (QED) is 0.154. The van der Waals surface area contributed by atoms with Gasteiger partial charge in [-0.3, -0.25) is 9.59 Å². The normalized spacial score (nSPS) is 21.1. The highest BCUT2D eigenvalue weighted by Gasteiger charge is 2.38. The van der Waals surface area contributed by atoms with Gasteiger partial charge >= 0.3 is 11.9 Å². The Morgan fingerprint density at radius 1 is 0.432 bits per heavy atom. The molecule has 7 aromatic rings. The Morgan fingerprint density at radius 3 is 1.35 bits per heavy atom. The van der Waals surface area contributed by atoms with Gasteiger partial charge in [-0.2, -0.15) is 0 Å². The zero-order valence-electron chi connectivity index (χ0n) is 47.0. The molecule has 2 unspecified atom stereocenters. The standard InChI is InChI=1S/C35H37N3O3.C34H41N3O3/c39-34(37-19-17-36(18-20-37)28-12-5-2-6-13-28)27-21-25-11-7-8-14-29(25)33-32(24-9-3-1-4-10-24)30-16-15-26(35(40)41)22-31(30)38(33)23-27;38-33(36-18-14-27(15-19-36)35-16-6-7-17-35)26-20-24-10-4-5-11-28(24)32-31(23-8-2-1-3-9-23)29-13-12-25(34(39)40)21-30(29)37(32)22-26/h2,5-8,11-16,22,24,27H,1,3-4,9-10,17-21,23H2,(H,40,41);4-5,10-13,21,23,26-27H,1-3,6-9,14-20,22H2,(H,39,40). The number of rotatable bonds is 8. The van der Waals surface area contributed by atoms with Crippen molar-refractivity contribution < 1.29 is 29.4 Å². The predicted octanol–water partition coefficient (Wildman–Crippen LogP) is 12.9. The second-order valence-electron chi connectivity index (χ2n) is 24.6. The van der Waals surface area contributed by atoms with Crippen LogP contribution >= 0.6 is 0 Å². The topological polar surface area (TPSA) is 132 Å². The highest BCUT2D eigenvalue weighted by atomic mass is 16.4. The Labute approximate surface area is 476 Å². The summed E-state index contributed by atoms with van der Waals surface area (Å²) < 4.78 is 4.64. The Balaban J connectivity index is 0.000000153. The molecule has 2 saturated carbocycles. The van der Waals surface area contributed by atoms with Crippen LogP contribution in [0.15, 0.2) is 115 Å². The van der Waals surface area contributed by atoms with Gasteiger partial charge in [0.15, 0.2) is 0 Å². The molecule has 7 aliphatic rings. The van der Waals surface area contributed by atoms with E-state index in [1.807, 2.05) is 35.2 Å². The number of hydrogen-bond acceptors (Lipinski definition) is 6. The van der Waals surface area contributed by atoms with Crippen LogP contribution in [0.5, 0.6) is 0 Å². The average molecular weight is 1090 g/mol. The van der Waals surface area contributed by atoms with Gasteiger partial charge in [-0.05, 0) is 148 Å². The highest BCUT2D eigenvalue weighted by Crippen LogP contribution is 2.49. The lowest BCUT2D eigenvalue weighted by Crippen LogP contribution is -2.51. The van der Waals surface area contributed by atoms with Gasteiger partial charge < -0.3 is 38.9 Å². The minimum absolute atomic E-state index is 0.158. The number of carboxylic acids is 2. The maximum atomic E-state index is 14.2. The van der Waals surface area contributed by atoms with Crippen molar-refractivity contribution in [3.05, 3.63) is 149 Å². The summed E-state index contributed by atoms with van der Waals surface area (Å²) in [5, 5.41) is 22.0. The lowest BCUT2D eigenvalue weighted by atomic mass is 9.81. The number of nitrogens with zero attached hydrogens (tertiary/aromatic N) is 6. The fourth-order valence-electron chi connectivity index (χ4n) is 15.8. The second kappa shape index (κ2) is 23.0. The molecule has 2 atom stereocenters. The van der Waals surface area contributed by atoms with Crippen LogP contribution in [0.25, 0.3) is 44.3 Å². The first-order valence-electron chi connectivity index (χ1n) is 30.7. The molecule has 2 amide bonds. The van der Waals surface area contributed by atoms with Crippen molar-refractivity contribution in [2.45, 2.75) is 134 Å². The fraction of sp³-hybridized carbons (Fsp3) is 0.449. The molecule has 81 heavy (non-hydrogen) atoms. The van der Waals surface area contributed by atoms with E-state index in [1.165, 1.54) is 133 Å². The highest BCUT2D eigenvalue weighted by molar-refractivity contribution is 6.00. The zero-order chi connectivity index (χ0) is 55.1. The number of carbonyl (C=O) groups excluding carboxylic acids is 2. The van der Waals surface area contributed by atoms with E-state index in [9.17, 15) is 29.4 Å². The Hall–Kier alpha value is -7.18. The van der Waals surface area contributed by atoms with E-state index in [0.29, 0.717) is 61.6 Å². The van der Waals surface area contributed by atoms with E-state index in [1.54, 1.807) is 12.1 Å². The van der Waals surface area contributed by atoms with Crippen LogP contribution in [0.2, 0.25) is 0 Å². The number of amides is 2. The summed E-state index contributed by atoms with van der Waals surface area (Å²) >= 11 is 0. The van der Waals surface area contributed by atoms with Crippen molar-refractivity contribution in [2.24, 2.45) is 11.8 Å². The van der Waals surface area contributed by atoms with Crippen molar-refractivity contribution >= 4 is 51.2 Å². The number of hydrogen-bond donors (Lipinski definition) is 2. The molecule has 2 aliphatic carbocycles. The van der Waals surface area contributed by atoms with Gasteiger partial charge in [0.1, 0.15) is 0 Å². The van der Waals surface area contributed by atoms with E-state index in [-0.39, 0.29) is 23.7 Å². The summed E-state index contributed by atoms with van der Waals surface area (Å²) in [6.07, 6.45) is 18.3. The second-order valence-corrected chi connectivity index (χ2v) is 24.6. The minimum Gasteiger partial charge on any atom is -0.478 e. The molecule has 2 aromatic heterocycles. The van der Waals surface area contributed by atoms with Gasteiger partial charge in [0.05, 0.1) is 34.4 Å². The monoisotopic (exact) mass is 1090 g/mol. The van der Waals surface area contributed by atoms with E-state index >= 15 is 0 Å². The number of para-hydroxylation sites is 1. The lowest BCUT2D eigenvalue weighted by Gasteiger charge is -2.38. The Bertz CT molecular complexity index is 3470. The Morgan fingerprint density at radius 2 is 0.877 bits per heavy atom. The zero-order valence-corrected chi connectivity index (χ0v) is 47.0. The van der Waals surface area contributed by atoms with Gasteiger partial charge in [0.2, 0.25) is 11.8 Å².